The zero-order chi connectivity index (χ0) is 7.82. The van der Waals surface area contributed by atoms with E-state index in [0.29, 0.717) is 6.61 Å². The van der Waals surface area contributed by atoms with E-state index in [9.17, 15) is 0 Å². The molecule has 0 fully saturated rings. The molecular formula is C8H19OP. The quantitative estimate of drug-likeness (QED) is 0.593. The highest BCUT2D eigenvalue weighted by Crippen LogP contribution is 2.14. The molecule has 0 saturated heterocycles. The number of aliphatic hydroxyl groups is 1. The lowest BCUT2D eigenvalue weighted by Crippen LogP contribution is -1.98. The Labute approximate surface area is 66.4 Å². The third-order valence-electron chi connectivity index (χ3n) is 1.66. The second kappa shape index (κ2) is 7.50. The van der Waals surface area contributed by atoms with Crippen molar-refractivity contribution in [3.8, 4) is 0 Å². The summed E-state index contributed by atoms with van der Waals surface area (Å²) in [6.45, 7) is 2.56. The van der Waals surface area contributed by atoms with Crippen LogP contribution < -0.4 is 0 Å². The van der Waals surface area contributed by atoms with Crippen molar-refractivity contribution in [1.29, 1.82) is 0 Å². The first-order valence-corrected chi connectivity index (χ1v) is 4.84. The van der Waals surface area contributed by atoms with Crippen molar-refractivity contribution in [3.05, 3.63) is 0 Å². The number of rotatable bonds is 6. The highest BCUT2D eigenvalue weighted by atomic mass is 31.0. The van der Waals surface area contributed by atoms with E-state index in [1.807, 2.05) is 0 Å². The first-order valence-electron chi connectivity index (χ1n) is 4.17. The Morgan fingerprint density at radius 2 is 1.90 bits per heavy atom. The van der Waals surface area contributed by atoms with E-state index >= 15 is 0 Å². The summed E-state index contributed by atoms with van der Waals surface area (Å²) in [7, 11) is 2.85. The Hall–Kier alpha value is 0.390. The van der Waals surface area contributed by atoms with Crippen molar-refractivity contribution in [3.63, 3.8) is 0 Å². The van der Waals surface area contributed by atoms with Gasteiger partial charge in [0.15, 0.2) is 0 Å². The molecule has 0 aromatic heterocycles. The number of unbranched alkanes of at least 4 members (excludes halogenated alkanes) is 1. The zero-order valence-corrected chi connectivity index (χ0v) is 8.00. The maximum absolute atomic E-state index is 8.53. The molecule has 1 nitrogen and oxygen atoms in total. The monoisotopic (exact) mass is 162 g/mol. The van der Waals surface area contributed by atoms with Crippen LogP contribution in [0.2, 0.25) is 0 Å². The Kier molecular flexibility index (Phi) is 7.79. The van der Waals surface area contributed by atoms with Gasteiger partial charge in [0.25, 0.3) is 0 Å². The summed E-state index contributed by atoms with van der Waals surface area (Å²) in [5.41, 5.74) is 0.729. The van der Waals surface area contributed by atoms with Gasteiger partial charge in [0.2, 0.25) is 0 Å². The molecule has 10 heavy (non-hydrogen) atoms. The van der Waals surface area contributed by atoms with Crippen LogP contribution in [0.3, 0.4) is 0 Å². The van der Waals surface area contributed by atoms with Gasteiger partial charge in [-0.1, -0.05) is 19.8 Å². The van der Waals surface area contributed by atoms with E-state index in [2.05, 4.69) is 16.2 Å². The van der Waals surface area contributed by atoms with Crippen LogP contribution in [0.1, 0.15) is 39.0 Å². The second-order valence-corrected chi connectivity index (χ2v) is 3.71. The second-order valence-electron chi connectivity index (χ2n) is 2.77. The molecule has 2 heteroatoms. The maximum Gasteiger partial charge on any atom is 0.0431 e. The van der Waals surface area contributed by atoms with Crippen molar-refractivity contribution in [2.75, 3.05) is 6.61 Å². The van der Waals surface area contributed by atoms with Gasteiger partial charge in [-0.25, -0.2) is 0 Å². The highest BCUT2D eigenvalue weighted by Gasteiger charge is 1.99. The van der Waals surface area contributed by atoms with Crippen molar-refractivity contribution in [2.24, 2.45) is 0 Å². The van der Waals surface area contributed by atoms with E-state index < -0.39 is 0 Å². The van der Waals surface area contributed by atoms with E-state index in [1.54, 1.807) is 0 Å². The molecule has 0 aliphatic carbocycles. The van der Waals surface area contributed by atoms with Crippen molar-refractivity contribution >= 4 is 9.24 Å². The van der Waals surface area contributed by atoms with Crippen LogP contribution in [0.25, 0.3) is 0 Å². The van der Waals surface area contributed by atoms with E-state index in [0.717, 1.165) is 18.5 Å². The number of hydrogen-bond donors (Lipinski definition) is 1. The average molecular weight is 162 g/mol. The molecule has 0 rings (SSSR count). The van der Waals surface area contributed by atoms with Crippen molar-refractivity contribution < 1.29 is 5.11 Å². The molecular weight excluding hydrogens is 143 g/mol. The fourth-order valence-corrected chi connectivity index (χ4v) is 1.44. The molecule has 0 aliphatic rings. The van der Waals surface area contributed by atoms with Crippen LogP contribution in [0.15, 0.2) is 0 Å². The van der Waals surface area contributed by atoms with Gasteiger partial charge in [-0.2, -0.15) is 0 Å². The first-order chi connectivity index (χ1) is 4.81. The molecule has 0 heterocycles. The van der Waals surface area contributed by atoms with Gasteiger partial charge in [0.1, 0.15) is 0 Å². The minimum atomic E-state index is 0.344. The molecule has 0 amide bonds. The molecule has 2 atom stereocenters. The predicted octanol–water partition coefficient (Wildman–Crippen LogP) is 2.19. The molecule has 2 unspecified atom stereocenters. The molecule has 0 aliphatic heterocycles. The molecule has 0 aromatic carbocycles. The Bertz CT molecular complexity index is 58.3. The van der Waals surface area contributed by atoms with Crippen LogP contribution in [-0.4, -0.2) is 17.4 Å². The van der Waals surface area contributed by atoms with E-state index in [4.69, 9.17) is 5.11 Å². The van der Waals surface area contributed by atoms with Crippen LogP contribution in [0.5, 0.6) is 0 Å². The summed E-state index contributed by atoms with van der Waals surface area (Å²) in [6.07, 6.45) is 6.00. The molecule has 0 radical (unpaired) electrons. The van der Waals surface area contributed by atoms with Gasteiger partial charge in [0.05, 0.1) is 0 Å². The summed E-state index contributed by atoms with van der Waals surface area (Å²) in [6, 6.07) is 0. The minimum Gasteiger partial charge on any atom is -0.396 e. The van der Waals surface area contributed by atoms with Crippen molar-refractivity contribution in [2.45, 2.75) is 44.7 Å². The molecule has 62 valence electrons. The first kappa shape index (κ1) is 10.4. The fraction of sp³-hybridized carbons (Fsp3) is 1.00. The summed E-state index contributed by atoms with van der Waals surface area (Å²) in [5, 5.41) is 8.53. The smallest absolute Gasteiger partial charge is 0.0431 e. The van der Waals surface area contributed by atoms with Gasteiger partial charge in [-0.15, -0.1) is 9.24 Å². The van der Waals surface area contributed by atoms with Gasteiger partial charge in [-0.3, -0.25) is 0 Å². The molecule has 0 saturated carbocycles. The molecule has 0 aromatic rings. The fourth-order valence-electron chi connectivity index (χ4n) is 0.964. The lowest BCUT2D eigenvalue weighted by molar-refractivity contribution is 0.283. The van der Waals surface area contributed by atoms with Gasteiger partial charge in [0, 0.05) is 6.61 Å². The van der Waals surface area contributed by atoms with Crippen LogP contribution in [-0.2, 0) is 0 Å². The summed E-state index contributed by atoms with van der Waals surface area (Å²) in [4.78, 5) is 0. The van der Waals surface area contributed by atoms with Gasteiger partial charge >= 0.3 is 0 Å². The van der Waals surface area contributed by atoms with Gasteiger partial charge in [-0.05, 0) is 24.9 Å². The standard InChI is InChI=1S/C8H19OP/c1-2-3-5-8(10)6-4-7-9/h8-9H,2-7,10H2,1H3. The Balaban J connectivity index is 3.00. The topological polar surface area (TPSA) is 20.2 Å². The molecule has 1 N–H and O–H groups in total. The molecule has 0 bridgehead atoms. The van der Waals surface area contributed by atoms with E-state index in [-0.39, 0.29) is 0 Å². The normalized spacial score (nSPS) is 13.5. The summed E-state index contributed by atoms with van der Waals surface area (Å²) < 4.78 is 0. The Morgan fingerprint density at radius 3 is 2.40 bits per heavy atom. The average Bonchev–Trinajstić information content (AvgIpc) is 1.97. The van der Waals surface area contributed by atoms with Crippen LogP contribution >= 0.6 is 9.24 Å². The SMILES string of the molecule is CCCCC(P)CCCO. The zero-order valence-electron chi connectivity index (χ0n) is 6.84. The predicted molar refractivity (Wildman–Crippen MR) is 49.3 cm³/mol. The van der Waals surface area contributed by atoms with Crippen LogP contribution in [0, 0.1) is 0 Å². The number of hydrogen-bond acceptors (Lipinski definition) is 1. The Morgan fingerprint density at radius 1 is 1.30 bits per heavy atom. The third kappa shape index (κ3) is 6.51. The lowest BCUT2D eigenvalue weighted by atomic mass is 10.1. The summed E-state index contributed by atoms with van der Waals surface area (Å²) in [5.74, 6) is 0. The van der Waals surface area contributed by atoms with E-state index in [1.165, 1.54) is 19.3 Å². The lowest BCUT2D eigenvalue weighted by Gasteiger charge is -2.07. The highest BCUT2D eigenvalue weighted by molar-refractivity contribution is 7.17. The summed E-state index contributed by atoms with van der Waals surface area (Å²) >= 11 is 0. The third-order valence-corrected chi connectivity index (χ3v) is 2.33. The van der Waals surface area contributed by atoms with Crippen LogP contribution in [0.4, 0.5) is 0 Å². The maximum atomic E-state index is 8.53. The van der Waals surface area contributed by atoms with Crippen molar-refractivity contribution in [1.82, 2.24) is 0 Å². The number of aliphatic hydroxyl groups excluding tert-OH is 1. The largest absolute Gasteiger partial charge is 0.396 e. The molecule has 0 spiro atoms. The minimum absolute atomic E-state index is 0.344. The van der Waals surface area contributed by atoms with Gasteiger partial charge < -0.3 is 5.11 Å².